The van der Waals surface area contributed by atoms with Gasteiger partial charge in [0.05, 0.1) is 11.3 Å². The minimum atomic E-state index is 0.174. The molecule has 0 aliphatic carbocycles. The molecule has 1 aromatic heterocycles. The van der Waals surface area contributed by atoms with Gasteiger partial charge in [0.15, 0.2) is 0 Å². The van der Waals surface area contributed by atoms with Crippen LogP contribution in [0.25, 0.3) is 0 Å². The Morgan fingerprint density at radius 2 is 2.11 bits per heavy atom. The second-order valence-corrected chi connectivity index (χ2v) is 4.84. The van der Waals surface area contributed by atoms with E-state index in [1.54, 1.807) is 18.2 Å². The van der Waals surface area contributed by atoms with E-state index in [0.717, 1.165) is 10.2 Å². The molecule has 2 rings (SSSR count). The first kappa shape index (κ1) is 12.8. The fourth-order valence-corrected chi connectivity index (χ4v) is 2.04. The summed E-state index contributed by atoms with van der Waals surface area (Å²) in [5.74, 6) is 0.561. The molecule has 4 nitrogen and oxygen atoms in total. The maximum atomic E-state index is 9.06. The van der Waals surface area contributed by atoms with Crippen LogP contribution in [-0.2, 0) is 0 Å². The Bertz CT molecular complexity index is 616. The molecule has 90 valence electrons. The average Bonchev–Trinajstić information content (AvgIpc) is 2.30. The fourth-order valence-electron chi connectivity index (χ4n) is 1.45. The van der Waals surface area contributed by atoms with E-state index >= 15 is 0 Å². The summed E-state index contributed by atoms with van der Waals surface area (Å²) in [7, 11) is 0. The normalized spacial score (nSPS) is 9.89. The number of aromatic nitrogens is 2. The highest BCUT2D eigenvalue weighted by atomic mass is 79.9. The molecule has 1 heterocycles. The van der Waals surface area contributed by atoms with E-state index in [-0.39, 0.29) is 5.28 Å². The molecule has 0 atom stereocenters. The van der Waals surface area contributed by atoms with Crippen molar-refractivity contribution >= 4 is 39.0 Å². The van der Waals surface area contributed by atoms with Crippen molar-refractivity contribution in [3.63, 3.8) is 0 Å². The van der Waals surface area contributed by atoms with Gasteiger partial charge in [-0.3, -0.25) is 0 Å². The zero-order valence-electron chi connectivity index (χ0n) is 9.41. The van der Waals surface area contributed by atoms with Gasteiger partial charge >= 0.3 is 0 Å². The maximum absolute atomic E-state index is 9.06. The van der Waals surface area contributed by atoms with E-state index in [1.165, 1.54) is 0 Å². The smallest absolute Gasteiger partial charge is 0.224 e. The first-order chi connectivity index (χ1) is 8.58. The Balaban J connectivity index is 2.37. The summed E-state index contributed by atoms with van der Waals surface area (Å²) in [4.78, 5) is 8.02. The van der Waals surface area contributed by atoms with Crippen LogP contribution < -0.4 is 5.32 Å². The Labute approximate surface area is 118 Å². The van der Waals surface area contributed by atoms with Gasteiger partial charge in [-0.2, -0.15) is 5.26 Å². The van der Waals surface area contributed by atoms with Crippen LogP contribution >= 0.6 is 27.5 Å². The quantitative estimate of drug-likeness (QED) is 0.854. The summed E-state index contributed by atoms with van der Waals surface area (Å²) in [5, 5.41) is 12.3. The summed E-state index contributed by atoms with van der Waals surface area (Å²) in [6, 6.07) is 9.26. The van der Waals surface area contributed by atoms with Crippen LogP contribution in [-0.4, -0.2) is 9.97 Å². The summed E-state index contributed by atoms with van der Waals surface area (Å²) < 4.78 is 0.849. The molecule has 1 N–H and O–H groups in total. The van der Waals surface area contributed by atoms with Crippen molar-refractivity contribution in [3.8, 4) is 6.07 Å². The number of halogens is 2. The predicted octanol–water partition coefficient (Wildman–Crippen LogP) is 3.82. The average molecular weight is 324 g/mol. The molecule has 0 radical (unpaired) electrons. The molecule has 6 heteroatoms. The molecule has 0 saturated carbocycles. The van der Waals surface area contributed by atoms with Crippen molar-refractivity contribution in [2.75, 3.05) is 5.32 Å². The third kappa shape index (κ3) is 2.97. The van der Waals surface area contributed by atoms with E-state index in [1.807, 2.05) is 13.0 Å². The molecule has 0 fully saturated rings. The van der Waals surface area contributed by atoms with Crippen molar-refractivity contribution in [1.82, 2.24) is 9.97 Å². The summed E-state index contributed by atoms with van der Waals surface area (Å²) in [6.45, 7) is 1.82. The lowest BCUT2D eigenvalue weighted by atomic mass is 10.2. The minimum Gasteiger partial charge on any atom is -0.339 e. The lowest BCUT2D eigenvalue weighted by Gasteiger charge is -2.08. The number of aryl methyl sites for hydroxylation is 1. The molecule has 0 aliphatic heterocycles. The number of rotatable bonds is 2. The van der Waals surface area contributed by atoms with E-state index < -0.39 is 0 Å². The number of hydrogen-bond donors (Lipinski definition) is 1. The van der Waals surface area contributed by atoms with Crippen LogP contribution in [0.15, 0.2) is 28.7 Å². The van der Waals surface area contributed by atoms with Crippen molar-refractivity contribution in [2.24, 2.45) is 0 Å². The predicted molar refractivity (Wildman–Crippen MR) is 73.9 cm³/mol. The summed E-state index contributed by atoms with van der Waals surface area (Å²) in [6.07, 6.45) is 0. The number of benzene rings is 1. The van der Waals surface area contributed by atoms with Crippen molar-refractivity contribution in [1.29, 1.82) is 5.26 Å². The van der Waals surface area contributed by atoms with E-state index in [9.17, 15) is 0 Å². The van der Waals surface area contributed by atoms with Crippen LogP contribution in [0.5, 0.6) is 0 Å². The van der Waals surface area contributed by atoms with Gasteiger partial charge in [0.1, 0.15) is 11.9 Å². The van der Waals surface area contributed by atoms with Gasteiger partial charge in [-0.15, -0.1) is 0 Å². The van der Waals surface area contributed by atoms with E-state index in [0.29, 0.717) is 17.1 Å². The molecular formula is C12H8BrClN4. The molecule has 0 saturated heterocycles. The summed E-state index contributed by atoms with van der Waals surface area (Å²) in [5.41, 5.74) is 1.96. The van der Waals surface area contributed by atoms with Gasteiger partial charge in [0.25, 0.3) is 0 Å². The SMILES string of the molecule is Cc1cc(Nc2ccc(Br)cc2C#N)nc(Cl)n1. The molecule has 0 unspecified atom stereocenters. The van der Waals surface area contributed by atoms with Crippen LogP contribution in [0.3, 0.4) is 0 Å². The third-order valence-electron chi connectivity index (χ3n) is 2.19. The highest BCUT2D eigenvalue weighted by Gasteiger charge is 2.05. The zero-order valence-corrected chi connectivity index (χ0v) is 11.7. The van der Waals surface area contributed by atoms with Gasteiger partial charge in [0, 0.05) is 16.2 Å². The number of nitriles is 1. The monoisotopic (exact) mass is 322 g/mol. The van der Waals surface area contributed by atoms with Crippen molar-refractivity contribution < 1.29 is 0 Å². The second kappa shape index (κ2) is 5.34. The number of nitrogens with zero attached hydrogens (tertiary/aromatic N) is 3. The molecule has 2 aromatic rings. The van der Waals surface area contributed by atoms with Gasteiger partial charge in [-0.25, -0.2) is 9.97 Å². The largest absolute Gasteiger partial charge is 0.339 e. The van der Waals surface area contributed by atoms with Gasteiger partial charge < -0.3 is 5.32 Å². The third-order valence-corrected chi connectivity index (χ3v) is 2.85. The lowest BCUT2D eigenvalue weighted by Crippen LogP contribution is -1.98. The van der Waals surface area contributed by atoms with Crippen LogP contribution in [0.1, 0.15) is 11.3 Å². The van der Waals surface area contributed by atoms with E-state index in [2.05, 4.69) is 37.3 Å². The molecular weight excluding hydrogens is 316 g/mol. The first-order valence-electron chi connectivity index (χ1n) is 5.06. The van der Waals surface area contributed by atoms with Crippen LogP contribution in [0.4, 0.5) is 11.5 Å². The van der Waals surface area contributed by atoms with Crippen LogP contribution in [0.2, 0.25) is 5.28 Å². The standard InChI is InChI=1S/C12H8BrClN4/c1-7-4-11(18-12(14)16-7)17-10-3-2-9(13)5-8(10)6-15/h2-5H,1H3,(H,16,17,18). The van der Waals surface area contributed by atoms with Gasteiger partial charge in [-0.1, -0.05) is 15.9 Å². The Hall–Kier alpha value is -1.64. The summed E-state index contributed by atoms with van der Waals surface area (Å²) >= 11 is 9.10. The number of hydrogen-bond acceptors (Lipinski definition) is 4. The number of nitrogens with one attached hydrogen (secondary N) is 1. The Morgan fingerprint density at radius 1 is 1.33 bits per heavy atom. The Kier molecular flexibility index (Phi) is 3.80. The highest BCUT2D eigenvalue weighted by molar-refractivity contribution is 9.10. The number of anilines is 2. The molecule has 1 aromatic carbocycles. The minimum absolute atomic E-state index is 0.174. The maximum Gasteiger partial charge on any atom is 0.224 e. The molecule has 18 heavy (non-hydrogen) atoms. The van der Waals surface area contributed by atoms with Crippen LogP contribution in [0, 0.1) is 18.3 Å². The zero-order chi connectivity index (χ0) is 13.1. The molecule has 0 aliphatic rings. The Morgan fingerprint density at radius 3 is 2.78 bits per heavy atom. The first-order valence-corrected chi connectivity index (χ1v) is 6.23. The van der Waals surface area contributed by atoms with E-state index in [4.69, 9.17) is 16.9 Å². The lowest BCUT2D eigenvalue weighted by molar-refractivity contribution is 1.10. The van der Waals surface area contributed by atoms with Crippen molar-refractivity contribution in [2.45, 2.75) is 6.92 Å². The molecule has 0 bridgehead atoms. The fraction of sp³-hybridized carbons (Fsp3) is 0.0833. The topological polar surface area (TPSA) is 61.6 Å². The van der Waals surface area contributed by atoms with Gasteiger partial charge in [0.2, 0.25) is 5.28 Å². The van der Waals surface area contributed by atoms with Gasteiger partial charge in [-0.05, 0) is 36.7 Å². The second-order valence-electron chi connectivity index (χ2n) is 3.59. The molecule has 0 spiro atoms. The molecule has 0 amide bonds. The highest BCUT2D eigenvalue weighted by Crippen LogP contribution is 2.23. The van der Waals surface area contributed by atoms with Crippen molar-refractivity contribution in [3.05, 3.63) is 45.3 Å².